The number of aromatic nitrogens is 1. The third kappa shape index (κ3) is 3.50. The van der Waals surface area contributed by atoms with Crippen molar-refractivity contribution < 1.29 is 4.79 Å². The summed E-state index contributed by atoms with van der Waals surface area (Å²) in [6, 6.07) is 12.3. The van der Waals surface area contributed by atoms with Crippen molar-refractivity contribution in [3.8, 4) is 0 Å². The first-order valence-corrected chi connectivity index (χ1v) is 9.04. The lowest BCUT2D eigenvalue weighted by molar-refractivity contribution is -0.117. The van der Waals surface area contributed by atoms with E-state index < -0.39 is 0 Å². The van der Waals surface area contributed by atoms with Crippen LogP contribution in [0.15, 0.2) is 48.8 Å². The van der Waals surface area contributed by atoms with Gasteiger partial charge in [0.2, 0.25) is 5.91 Å². The van der Waals surface area contributed by atoms with Crippen LogP contribution in [0.2, 0.25) is 0 Å². The molecule has 0 unspecified atom stereocenters. The normalized spacial score (nSPS) is 24.9. The van der Waals surface area contributed by atoms with Crippen LogP contribution in [0.3, 0.4) is 0 Å². The summed E-state index contributed by atoms with van der Waals surface area (Å²) in [5.41, 5.74) is 3.40. The molecule has 24 heavy (non-hydrogen) atoms. The van der Waals surface area contributed by atoms with Crippen LogP contribution >= 0.6 is 0 Å². The monoisotopic (exact) mass is 320 g/mol. The van der Waals surface area contributed by atoms with Gasteiger partial charge in [-0.2, -0.15) is 0 Å². The molecule has 2 aliphatic carbocycles. The van der Waals surface area contributed by atoms with Gasteiger partial charge in [0.05, 0.1) is 0 Å². The molecule has 0 radical (unpaired) electrons. The molecule has 0 spiro atoms. The van der Waals surface area contributed by atoms with E-state index in [0.717, 1.165) is 23.9 Å². The van der Waals surface area contributed by atoms with Gasteiger partial charge in [-0.1, -0.05) is 18.6 Å². The molecule has 3 nitrogen and oxygen atoms in total. The largest absolute Gasteiger partial charge is 0.326 e. The maximum Gasteiger partial charge on any atom is 0.224 e. The molecule has 0 saturated heterocycles. The molecule has 1 aromatic carbocycles. The smallest absolute Gasteiger partial charge is 0.224 e. The highest BCUT2D eigenvalue weighted by Crippen LogP contribution is 2.49. The highest BCUT2D eigenvalue weighted by molar-refractivity contribution is 5.90. The van der Waals surface area contributed by atoms with Gasteiger partial charge >= 0.3 is 0 Å². The minimum atomic E-state index is 0.175. The second-order valence-electron chi connectivity index (χ2n) is 7.42. The Morgan fingerprint density at radius 2 is 1.75 bits per heavy atom. The van der Waals surface area contributed by atoms with Crippen molar-refractivity contribution in [3.63, 3.8) is 0 Å². The molecule has 2 bridgehead atoms. The van der Waals surface area contributed by atoms with E-state index >= 15 is 0 Å². The summed E-state index contributed by atoms with van der Waals surface area (Å²) in [4.78, 5) is 16.3. The van der Waals surface area contributed by atoms with Crippen LogP contribution in [0.5, 0.6) is 0 Å². The van der Waals surface area contributed by atoms with E-state index in [0.29, 0.717) is 12.3 Å². The number of carbonyl (C=O) groups is 1. The summed E-state index contributed by atoms with van der Waals surface area (Å²) in [6.45, 7) is 0. The van der Waals surface area contributed by atoms with E-state index in [1.807, 2.05) is 36.7 Å². The molecule has 1 heterocycles. The fourth-order valence-corrected chi connectivity index (χ4v) is 4.52. The van der Waals surface area contributed by atoms with Gasteiger partial charge in [-0.3, -0.25) is 9.78 Å². The molecule has 1 N–H and O–H groups in total. The van der Waals surface area contributed by atoms with Gasteiger partial charge < -0.3 is 5.32 Å². The van der Waals surface area contributed by atoms with Crippen molar-refractivity contribution >= 4 is 11.6 Å². The zero-order valence-corrected chi connectivity index (χ0v) is 13.9. The highest BCUT2D eigenvalue weighted by Gasteiger charge is 2.40. The molecule has 0 aliphatic heterocycles. The molecule has 2 saturated carbocycles. The average Bonchev–Trinajstić information content (AvgIpc) is 3.20. The molecule has 2 fully saturated rings. The van der Waals surface area contributed by atoms with Crippen LogP contribution in [-0.4, -0.2) is 10.9 Å². The first-order valence-electron chi connectivity index (χ1n) is 9.04. The van der Waals surface area contributed by atoms with E-state index in [1.54, 1.807) is 0 Å². The Kier molecular flexibility index (Phi) is 4.33. The molecule has 3 heteroatoms. The average molecular weight is 320 g/mol. The predicted octanol–water partition coefficient (Wildman–Crippen LogP) is 4.44. The molecule has 1 amide bonds. The third-order valence-corrected chi connectivity index (χ3v) is 5.73. The lowest BCUT2D eigenvalue weighted by Crippen LogP contribution is -2.20. The summed E-state index contributed by atoms with van der Waals surface area (Å²) in [7, 11) is 0. The number of fused-ring (bicyclic) bond motifs is 2. The standard InChI is InChI=1S/C21H24N2O/c24-21(14-19-13-17-1-4-18(19)12-17)23-20-5-2-15(3-6-20)11-16-7-9-22-10-8-16/h2-3,5-10,17-19H,1,4,11-14H2,(H,23,24)/t17-,18+,19+/m0/s1. The minimum absolute atomic E-state index is 0.175. The van der Waals surface area contributed by atoms with Gasteiger partial charge in [0.1, 0.15) is 0 Å². The lowest BCUT2D eigenvalue weighted by atomic mass is 9.86. The summed E-state index contributed by atoms with van der Waals surface area (Å²) >= 11 is 0. The second kappa shape index (κ2) is 6.76. The van der Waals surface area contributed by atoms with E-state index in [9.17, 15) is 4.79 Å². The number of pyridine rings is 1. The zero-order chi connectivity index (χ0) is 16.4. The number of benzene rings is 1. The maximum absolute atomic E-state index is 12.3. The van der Waals surface area contributed by atoms with E-state index in [-0.39, 0.29) is 5.91 Å². The zero-order valence-electron chi connectivity index (χ0n) is 13.9. The van der Waals surface area contributed by atoms with Crippen molar-refractivity contribution in [2.24, 2.45) is 17.8 Å². The van der Waals surface area contributed by atoms with Crippen LogP contribution < -0.4 is 5.32 Å². The highest BCUT2D eigenvalue weighted by atomic mass is 16.1. The van der Waals surface area contributed by atoms with Crippen LogP contribution in [0, 0.1) is 17.8 Å². The number of hydrogen-bond donors (Lipinski definition) is 1. The lowest BCUT2D eigenvalue weighted by Gasteiger charge is -2.20. The Morgan fingerprint density at radius 3 is 2.42 bits per heavy atom. The Balaban J connectivity index is 1.31. The van der Waals surface area contributed by atoms with E-state index in [1.165, 1.54) is 36.8 Å². The molecule has 2 aliphatic rings. The number of nitrogens with zero attached hydrogens (tertiary/aromatic N) is 1. The molecule has 4 rings (SSSR count). The maximum atomic E-state index is 12.3. The van der Waals surface area contributed by atoms with Gasteiger partial charge in [-0.05, 0) is 78.8 Å². The number of hydrogen-bond acceptors (Lipinski definition) is 2. The van der Waals surface area contributed by atoms with Crippen molar-refractivity contribution in [1.82, 2.24) is 4.98 Å². The number of nitrogens with one attached hydrogen (secondary N) is 1. The van der Waals surface area contributed by atoms with Crippen LogP contribution in [0.1, 0.15) is 43.2 Å². The van der Waals surface area contributed by atoms with Crippen molar-refractivity contribution in [2.45, 2.75) is 38.5 Å². The SMILES string of the molecule is O=C(C[C@H]1C[C@H]2CC[C@@H]1C2)Nc1ccc(Cc2ccncc2)cc1. The third-order valence-electron chi connectivity index (χ3n) is 5.73. The van der Waals surface area contributed by atoms with Crippen LogP contribution in [-0.2, 0) is 11.2 Å². The fourth-order valence-electron chi connectivity index (χ4n) is 4.52. The van der Waals surface area contributed by atoms with Crippen LogP contribution in [0.25, 0.3) is 0 Å². The number of carbonyl (C=O) groups excluding carboxylic acids is 1. The summed E-state index contributed by atoms with van der Waals surface area (Å²) in [5, 5.41) is 3.07. The summed E-state index contributed by atoms with van der Waals surface area (Å²) in [6.07, 6.45) is 10.6. The fraction of sp³-hybridized carbons (Fsp3) is 0.429. The van der Waals surface area contributed by atoms with E-state index in [4.69, 9.17) is 0 Å². The second-order valence-corrected chi connectivity index (χ2v) is 7.42. The Bertz CT molecular complexity index is 696. The Hall–Kier alpha value is -2.16. The molecular formula is C21H24N2O. The minimum Gasteiger partial charge on any atom is -0.326 e. The van der Waals surface area contributed by atoms with E-state index in [2.05, 4.69) is 22.4 Å². The summed E-state index contributed by atoms with van der Waals surface area (Å²) < 4.78 is 0. The number of rotatable bonds is 5. The van der Waals surface area contributed by atoms with Crippen LogP contribution in [0.4, 0.5) is 5.69 Å². The van der Waals surface area contributed by atoms with Crippen molar-refractivity contribution in [2.75, 3.05) is 5.32 Å². The Morgan fingerprint density at radius 1 is 1.00 bits per heavy atom. The Labute approximate surface area is 143 Å². The quantitative estimate of drug-likeness (QED) is 0.885. The first-order chi connectivity index (χ1) is 11.8. The predicted molar refractivity (Wildman–Crippen MR) is 95.7 cm³/mol. The van der Waals surface area contributed by atoms with Crippen molar-refractivity contribution in [3.05, 3.63) is 59.9 Å². The molecular weight excluding hydrogens is 296 g/mol. The number of anilines is 1. The van der Waals surface area contributed by atoms with Gasteiger partial charge in [-0.15, -0.1) is 0 Å². The molecule has 2 aromatic rings. The van der Waals surface area contributed by atoms with Gasteiger partial charge in [0, 0.05) is 24.5 Å². The van der Waals surface area contributed by atoms with Gasteiger partial charge in [-0.25, -0.2) is 0 Å². The summed E-state index contributed by atoms with van der Waals surface area (Å²) in [5.74, 6) is 2.51. The topological polar surface area (TPSA) is 42.0 Å². The van der Waals surface area contributed by atoms with Gasteiger partial charge in [0.15, 0.2) is 0 Å². The van der Waals surface area contributed by atoms with Crippen molar-refractivity contribution in [1.29, 1.82) is 0 Å². The van der Waals surface area contributed by atoms with Gasteiger partial charge in [0.25, 0.3) is 0 Å². The molecule has 3 atom stereocenters. The molecule has 124 valence electrons. The first kappa shape index (κ1) is 15.4. The molecule has 1 aromatic heterocycles. The number of amides is 1.